The third-order valence-corrected chi connectivity index (χ3v) is 2.61. The van der Waals surface area contributed by atoms with E-state index in [0.29, 0.717) is 5.56 Å². The lowest BCUT2D eigenvalue weighted by atomic mass is 10.1. The summed E-state index contributed by atoms with van der Waals surface area (Å²) in [5, 5.41) is 0. The van der Waals surface area contributed by atoms with Gasteiger partial charge in [-0.2, -0.15) is 0 Å². The van der Waals surface area contributed by atoms with Gasteiger partial charge >= 0.3 is 18.3 Å². The number of carbonyl (C=O) groups is 2. The molecule has 0 aliphatic rings. The Labute approximate surface area is 125 Å². The van der Waals surface area contributed by atoms with E-state index in [1.165, 1.54) is 26.2 Å². The Morgan fingerprint density at radius 1 is 1.23 bits per heavy atom. The zero-order valence-electron chi connectivity index (χ0n) is 12.0. The lowest BCUT2D eigenvalue weighted by Crippen LogP contribution is -2.19. The first-order valence-electron chi connectivity index (χ1n) is 6.39. The van der Waals surface area contributed by atoms with Crippen molar-refractivity contribution in [3.05, 3.63) is 29.3 Å². The molecule has 0 aromatic heterocycles. The fourth-order valence-corrected chi connectivity index (χ4v) is 1.66. The zero-order chi connectivity index (χ0) is 16.8. The molecule has 1 rings (SSSR count). The van der Waals surface area contributed by atoms with E-state index in [4.69, 9.17) is 4.74 Å². The van der Waals surface area contributed by atoms with Crippen LogP contribution in [-0.2, 0) is 20.7 Å². The van der Waals surface area contributed by atoms with Crippen LogP contribution in [-0.4, -0.2) is 32.0 Å². The van der Waals surface area contributed by atoms with Gasteiger partial charge < -0.3 is 14.2 Å². The van der Waals surface area contributed by atoms with Crippen LogP contribution < -0.4 is 4.74 Å². The lowest BCUT2D eigenvalue weighted by molar-refractivity contribution is -0.274. The largest absolute Gasteiger partial charge is 0.573 e. The standard InChI is InChI=1S/C14H15F3O5/c1-3-21-13(19)10-8-9(5-7-12(18)20-2)4-6-11(10)22-14(15,16)17/h4,6,8H,3,5,7H2,1-2H3. The highest BCUT2D eigenvalue weighted by Gasteiger charge is 2.33. The van der Waals surface area contributed by atoms with Crippen molar-refractivity contribution in [2.24, 2.45) is 0 Å². The van der Waals surface area contributed by atoms with Crippen LogP contribution in [0.25, 0.3) is 0 Å². The van der Waals surface area contributed by atoms with Crippen molar-refractivity contribution in [3.8, 4) is 5.75 Å². The van der Waals surface area contributed by atoms with Gasteiger partial charge in [0.2, 0.25) is 0 Å². The second-order valence-corrected chi connectivity index (χ2v) is 4.17. The fraction of sp³-hybridized carbons (Fsp3) is 0.429. The molecule has 5 nitrogen and oxygen atoms in total. The molecule has 0 fully saturated rings. The number of benzene rings is 1. The van der Waals surface area contributed by atoms with E-state index >= 15 is 0 Å². The van der Waals surface area contributed by atoms with Crippen LogP contribution >= 0.6 is 0 Å². The monoisotopic (exact) mass is 320 g/mol. The zero-order valence-corrected chi connectivity index (χ0v) is 12.0. The van der Waals surface area contributed by atoms with Gasteiger partial charge in [-0.3, -0.25) is 4.79 Å². The minimum atomic E-state index is -4.92. The van der Waals surface area contributed by atoms with Crippen LogP contribution in [0.1, 0.15) is 29.3 Å². The van der Waals surface area contributed by atoms with Crippen molar-refractivity contribution in [2.45, 2.75) is 26.1 Å². The van der Waals surface area contributed by atoms with E-state index in [1.54, 1.807) is 0 Å². The molecule has 0 saturated heterocycles. The molecule has 8 heteroatoms. The summed E-state index contributed by atoms with van der Waals surface area (Å²) in [6, 6.07) is 3.57. The highest BCUT2D eigenvalue weighted by atomic mass is 19.4. The normalized spacial score (nSPS) is 11.0. The van der Waals surface area contributed by atoms with E-state index in [9.17, 15) is 22.8 Å². The van der Waals surface area contributed by atoms with Crippen molar-refractivity contribution in [1.29, 1.82) is 0 Å². The Balaban J connectivity index is 3.03. The molecule has 0 saturated carbocycles. The number of alkyl halides is 3. The summed E-state index contributed by atoms with van der Waals surface area (Å²) in [5.41, 5.74) is 0.143. The quantitative estimate of drug-likeness (QED) is 0.754. The molecular formula is C14H15F3O5. The number of hydrogen-bond donors (Lipinski definition) is 0. The molecule has 1 aromatic carbocycles. The molecule has 0 aliphatic heterocycles. The molecule has 0 heterocycles. The van der Waals surface area contributed by atoms with Crippen molar-refractivity contribution >= 4 is 11.9 Å². The Bertz CT molecular complexity index is 540. The van der Waals surface area contributed by atoms with Crippen LogP contribution in [0.15, 0.2) is 18.2 Å². The summed E-state index contributed by atoms with van der Waals surface area (Å²) < 4.78 is 50.0. The second-order valence-electron chi connectivity index (χ2n) is 4.17. The summed E-state index contributed by atoms with van der Waals surface area (Å²) in [7, 11) is 1.23. The Morgan fingerprint density at radius 2 is 1.91 bits per heavy atom. The minimum Gasteiger partial charge on any atom is -0.469 e. The molecule has 0 spiro atoms. The van der Waals surface area contributed by atoms with Gasteiger partial charge in [-0.05, 0) is 31.0 Å². The Morgan fingerprint density at radius 3 is 2.45 bits per heavy atom. The maximum atomic E-state index is 12.3. The average molecular weight is 320 g/mol. The predicted octanol–water partition coefficient (Wildman–Crippen LogP) is 2.87. The summed E-state index contributed by atoms with van der Waals surface area (Å²) in [5.74, 6) is -2.04. The number of rotatable bonds is 6. The van der Waals surface area contributed by atoms with Gasteiger partial charge in [0.05, 0.1) is 13.7 Å². The van der Waals surface area contributed by atoms with Crippen molar-refractivity contribution in [3.63, 3.8) is 0 Å². The van der Waals surface area contributed by atoms with E-state index in [1.807, 2.05) is 0 Å². The molecule has 0 radical (unpaired) electrons. The highest BCUT2D eigenvalue weighted by molar-refractivity contribution is 5.92. The summed E-state index contributed by atoms with van der Waals surface area (Å²) >= 11 is 0. The Kier molecular flexibility index (Phi) is 6.21. The number of halogens is 3. The van der Waals surface area contributed by atoms with Gasteiger partial charge in [0.1, 0.15) is 11.3 Å². The van der Waals surface area contributed by atoms with Crippen molar-refractivity contribution in [1.82, 2.24) is 0 Å². The first kappa shape index (κ1) is 17.8. The smallest absolute Gasteiger partial charge is 0.469 e. The van der Waals surface area contributed by atoms with Crippen LogP contribution in [0.2, 0.25) is 0 Å². The maximum absolute atomic E-state index is 12.3. The number of aryl methyl sites for hydroxylation is 1. The first-order chi connectivity index (χ1) is 10.3. The number of carbonyl (C=O) groups excluding carboxylic acids is 2. The minimum absolute atomic E-state index is 0.0106. The van der Waals surface area contributed by atoms with Crippen LogP contribution in [0.5, 0.6) is 5.75 Å². The summed E-state index contributed by atoms with van der Waals surface area (Å²) in [6.45, 7) is 1.54. The molecular weight excluding hydrogens is 305 g/mol. The lowest BCUT2D eigenvalue weighted by Gasteiger charge is -2.13. The predicted molar refractivity (Wildman–Crippen MR) is 69.4 cm³/mol. The molecule has 0 aliphatic carbocycles. The van der Waals surface area contributed by atoms with E-state index in [-0.39, 0.29) is 25.0 Å². The summed E-state index contributed by atoms with van der Waals surface area (Å²) in [4.78, 5) is 22.8. The highest BCUT2D eigenvalue weighted by Crippen LogP contribution is 2.28. The van der Waals surface area contributed by atoms with Gasteiger partial charge in [-0.1, -0.05) is 6.07 Å². The summed E-state index contributed by atoms with van der Waals surface area (Å²) in [6.07, 6.45) is -4.67. The molecule has 0 N–H and O–H groups in total. The molecule has 22 heavy (non-hydrogen) atoms. The molecule has 0 atom stereocenters. The van der Waals surface area contributed by atoms with Crippen LogP contribution in [0.4, 0.5) is 13.2 Å². The number of methoxy groups -OCH3 is 1. The SMILES string of the molecule is CCOC(=O)c1cc(CCC(=O)OC)ccc1OC(F)(F)F. The molecule has 0 amide bonds. The number of ether oxygens (including phenoxy) is 3. The van der Waals surface area contributed by atoms with Crippen molar-refractivity contribution in [2.75, 3.05) is 13.7 Å². The Hall–Kier alpha value is -2.25. The van der Waals surface area contributed by atoms with Crippen LogP contribution in [0.3, 0.4) is 0 Å². The first-order valence-corrected chi connectivity index (χ1v) is 6.39. The topological polar surface area (TPSA) is 61.8 Å². The van der Waals surface area contributed by atoms with Gasteiger partial charge in [0.15, 0.2) is 0 Å². The molecule has 0 unspecified atom stereocenters. The maximum Gasteiger partial charge on any atom is 0.573 e. The van der Waals surface area contributed by atoms with Crippen LogP contribution in [0, 0.1) is 0 Å². The molecule has 1 aromatic rings. The molecule has 122 valence electrons. The van der Waals surface area contributed by atoms with Crippen molar-refractivity contribution < 1.29 is 37.0 Å². The van der Waals surface area contributed by atoms with Gasteiger partial charge in [0.25, 0.3) is 0 Å². The van der Waals surface area contributed by atoms with Gasteiger partial charge in [-0.15, -0.1) is 13.2 Å². The fourth-order valence-electron chi connectivity index (χ4n) is 1.66. The number of hydrogen-bond acceptors (Lipinski definition) is 5. The van der Waals surface area contributed by atoms with E-state index in [2.05, 4.69) is 9.47 Å². The van der Waals surface area contributed by atoms with E-state index in [0.717, 1.165) is 6.07 Å². The third-order valence-electron chi connectivity index (χ3n) is 2.61. The van der Waals surface area contributed by atoms with Gasteiger partial charge in [0, 0.05) is 6.42 Å². The number of esters is 2. The second kappa shape index (κ2) is 7.67. The third kappa shape index (κ3) is 5.63. The van der Waals surface area contributed by atoms with Gasteiger partial charge in [-0.25, -0.2) is 4.79 Å². The average Bonchev–Trinajstić information content (AvgIpc) is 2.44. The molecule has 0 bridgehead atoms. The van der Waals surface area contributed by atoms with E-state index < -0.39 is 24.1 Å².